The minimum absolute atomic E-state index is 0.124. The van der Waals surface area contributed by atoms with Crippen LogP contribution in [-0.4, -0.2) is 48.2 Å². The maximum atomic E-state index is 12.0. The fraction of sp³-hybridized carbons (Fsp3) is 0.818. The summed E-state index contributed by atoms with van der Waals surface area (Å²) in [7, 11) is 1.55. The lowest BCUT2D eigenvalue weighted by atomic mass is 9.91. The number of amides is 1. The van der Waals surface area contributed by atoms with Gasteiger partial charge in [0, 0.05) is 13.7 Å². The molecule has 0 radical (unpaired) electrons. The van der Waals surface area contributed by atoms with Crippen LogP contribution < -0.4 is 0 Å². The van der Waals surface area contributed by atoms with Crippen LogP contribution in [0.4, 0.5) is 0 Å². The molecular formula is C11H21NO4. The van der Waals surface area contributed by atoms with E-state index in [9.17, 15) is 9.59 Å². The molecule has 0 rings (SSSR count). The monoisotopic (exact) mass is 231 g/mol. The Morgan fingerprint density at radius 1 is 1.44 bits per heavy atom. The Balaban J connectivity index is 4.84. The van der Waals surface area contributed by atoms with Gasteiger partial charge < -0.3 is 14.7 Å². The van der Waals surface area contributed by atoms with E-state index < -0.39 is 11.4 Å². The molecule has 1 amide bonds. The number of carboxylic acids is 1. The van der Waals surface area contributed by atoms with Crippen LogP contribution in [0.5, 0.6) is 0 Å². The molecule has 16 heavy (non-hydrogen) atoms. The summed E-state index contributed by atoms with van der Waals surface area (Å²) in [4.78, 5) is 24.6. The SMILES string of the molecule is CCN(C(=O)C(C)(C)C(=O)O)C(C)COC. The molecule has 0 spiro atoms. The zero-order valence-electron chi connectivity index (χ0n) is 10.6. The number of ether oxygens (including phenoxy) is 1. The van der Waals surface area contributed by atoms with Crippen molar-refractivity contribution in [2.24, 2.45) is 5.41 Å². The maximum Gasteiger partial charge on any atom is 0.318 e. The first kappa shape index (κ1) is 14.9. The van der Waals surface area contributed by atoms with Gasteiger partial charge in [0.25, 0.3) is 0 Å². The van der Waals surface area contributed by atoms with Crippen LogP contribution >= 0.6 is 0 Å². The number of methoxy groups -OCH3 is 1. The molecule has 0 saturated heterocycles. The van der Waals surface area contributed by atoms with E-state index in [0.29, 0.717) is 13.2 Å². The quantitative estimate of drug-likeness (QED) is 0.692. The van der Waals surface area contributed by atoms with Crippen LogP contribution in [0.15, 0.2) is 0 Å². The summed E-state index contributed by atoms with van der Waals surface area (Å²) in [6.45, 7) is 7.36. The number of carbonyl (C=O) groups is 2. The first-order chi connectivity index (χ1) is 7.28. The lowest BCUT2D eigenvalue weighted by molar-refractivity contribution is -0.159. The van der Waals surface area contributed by atoms with Gasteiger partial charge in [0.1, 0.15) is 5.41 Å². The van der Waals surface area contributed by atoms with Crippen molar-refractivity contribution in [3.05, 3.63) is 0 Å². The first-order valence-electron chi connectivity index (χ1n) is 5.32. The standard InChI is InChI=1S/C11H21NO4/c1-6-12(8(2)7-16-5)9(13)11(3,4)10(14)15/h8H,6-7H2,1-5H3,(H,14,15). The molecule has 1 N–H and O–H groups in total. The molecule has 0 fully saturated rings. The Kier molecular flexibility index (Phi) is 5.44. The van der Waals surface area contributed by atoms with Gasteiger partial charge in [-0.1, -0.05) is 0 Å². The van der Waals surface area contributed by atoms with Gasteiger partial charge in [-0.3, -0.25) is 9.59 Å². The second kappa shape index (κ2) is 5.84. The van der Waals surface area contributed by atoms with Gasteiger partial charge in [0.05, 0.1) is 12.6 Å². The maximum absolute atomic E-state index is 12.0. The fourth-order valence-corrected chi connectivity index (χ4v) is 1.44. The summed E-state index contributed by atoms with van der Waals surface area (Å²) in [5.41, 5.74) is -1.39. The predicted octanol–water partition coefficient (Wildman–Crippen LogP) is 0.981. The molecule has 0 aliphatic rings. The predicted molar refractivity (Wildman–Crippen MR) is 60.1 cm³/mol. The van der Waals surface area contributed by atoms with E-state index in [2.05, 4.69) is 0 Å². The molecular weight excluding hydrogens is 210 g/mol. The highest BCUT2D eigenvalue weighted by atomic mass is 16.5. The molecule has 0 aliphatic heterocycles. The molecule has 0 bridgehead atoms. The van der Waals surface area contributed by atoms with Crippen LogP contribution in [0.1, 0.15) is 27.7 Å². The molecule has 5 heteroatoms. The van der Waals surface area contributed by atoms with Crippen molar-refractivity contribution in [3.63, 3.8) is 0 Å². The average molecular weight is 231 g/mol. The van der Waals surface area contributed by atoms with Crippen molar-refractivity contribution in [1.29, 1.82) is 0 Å². The van der Waals surface area contributed by atoms with Gasteiger partial charge >= 0.3 is 5.97 Å². The highest BCUT2D eigenvalue weighted by Crippen LogP contribution is 2.20. The largest absolute Gasteiger partial charge is 0.480 e. The summed E-state index contributed by atoms with van der Waals surface area (Å²) in [6.07, 6.45) is 0. The summed E-state index contributed by atoms with van der Waals surface area (Å²) in [5.74, 6) is -1.49. The van der Waals surface area contributed by atoms with Gasteiger partial charge in [-0.15, -0.1) is 0 Å². The van der Waals surface area contributed by atoms with Crippen LogP contribution in [-0.2, 0) is 14.3 Å². The minimum atomic E-state index is -1.39. The Bertz CT molecular complexity index is 263. The van der Waals surface area contributed by atoms with Crippen LogP contribution in [0, 0.1) is 5.41 Å². The normalized spacial score (nSPS) is 13.3. The number of aliphatic carboxylic acids is 1. The summed E-state index contributed by atoms with van der Waals surface area (Å²) < 4.78 is 4.97. The van der Waals surface area contributed by atoms with E-state index >= 15 is 0 Å². The van der Waals surface area contributed by atoms with E-state index in [-0.39, 0.29) is 11.9 Å². The van der Waals surface area contributed by atoms with Crippen molar-refractivity contribution < 1.29 is 19.4 Å². The molecule has 0 saturated carbocycles. The van der Waals surface area contributed by atoms with Gasteiger partial charge in [-0.05, 0) is 27.7 Å². The topological polar surface area (TPSA) is 66.8 Å². The summed E-state index contributed by atoms with van der Waals surface area (Å²) >= 11 is 0. The second-order valence-electron chi connectivity index (χ2n) is 4.33. The van der Waals surface area contributed by atoms with Crippen molar-refractivity contribution in [2.45, 2.75) is 33.7 Å². The van der Waals surface area contributed by atoms with Crippen molar-refractivity contribution in [3.8, 4) is 0 Å². The number of rotatable bonds is 6. The number of hydrogen-bond donors (Lipinski definition) is 1. The second-order valence-corrected chi connectivity index (χ2v) is 4.33. The Morgan fingerprint density at radius 2 is 1.94 bits per heavy atom. The van der Waals surface area contributed by atoms with Crippen molar-refractivity contribution in [1.82, 2.24) is 4.90 Å². The zero-order valence-corrected chi connectivity index (χ0v) is 10.6. The van der Waals surface area contributed by atoms with Crippen LogP contribution in [0.3, 0.4) is 0 Å². The number of carboxylic acid groups (broad SMARTS) is 1. The number of likely N-dealkylation sites (N-methyl/N-ethyl adjacent to an activating group) is 1. The molecule has 0 aromatic carbocycles. The van der Waals surface area contributed by atoms with Crippen molar-refractivity contribution >= 4 is 11.9 Å². The Hall–Kier alpha value is -1.10. The van der Waals surface area contributed by atoms with Gasteiger partial charge in [0.2, 0.25) is 5.91 Å². The third-order valence-electron chi connectivity index (χ3n) is 2.61. The summed E-state index contributed by atoms with van der Waals surface area (Å²) in [5, 5.41) is 8.99. The highest BCUT2D eigenvalue weighted by Gasteiger charge is 2.40. The molecule has 94 valence electrons. The molecule has 5 nitrogen and oxygen atoms in total. The van der Waals surface area contributed by atoms with Crippen LogP contribution in [0.2, 0.25) is 0 Å². The minimum Gasteiger partial charge on any atom is -0.480 e. The van der Waals surface area contributed by atoms with Crippen LogP contribution in [0.25, 0.3) is 0 Å². The molecule has 1 unspecified atom stereocenters. The molecule has 0 aliphatic carbocycles. The third kappa shape index (κ3) is 3.20. The van der Waals surface area contributed by atoms with Gasteiger partial charge in [-0.2, -0.15) is 0 Å². The molecule has 1 atom stereocenters. The van der Waals surface area contributed by atoms with Gasteiger partial charge in [-0.25, -0.2) is 0 Å². The highest BCUT2D eigenvalue weighted by molar-refractivity contribution is 6.01. The first-order valence-corrected chi connectivity index (χ1v) is 5.32. The van der Waals surface area contributed by atoms with E-state index in [4.69, 9.17) is 9.84 Å². The Morgan fingerprint density at radius 3 is 2.25 bits per heavy atom. The van der Waals surface area contributed by atoms with E-state index in [1.165, 1.54) is 18.7 Å². The van der Waals surface area contributed by atoms with E-state index in [1.807, 2.05) is 13.8 Å². The number of nitrogens with zero attached hydrogens (tertiary/aromatic N) is 1. The number of carbonyl (C=O) groups excluding carboxylic acids is 1. The molecule has 0 aromatic heterocycles. The van der Waals surface area contributed by atoms with Crippen molar-refractivity contribution in [2.75, 3.05) is 20.3 Å². The Labute approximate surface area is 96.4 Å². The van der Waals surface area contributed by atoms with Gasteiger partial charge in [0.15, 0.2) is 0 Å². The number of hydrogen-bond acceptors (Lipinski definition) is 3. The van der Waals surface area contributed by atoms with E-state index in [1.54, 1.807) is 7.11 Å². The lowest BCUT2D eigenvalue weighted by Gasteiger charge is -2.32. The smallest absolute Gasteiger partial charge is 0.318 e. The average Bonchev–Trinajstić information content (AvgIpc) is 2.18. The lowest BCUT2D eigenvalue weighted by Crippen LogP contribution is -2.49. The molecule has 0 aromatic rings. The fourth-order valence-electron chi connectivity index (χ4n) is 1.44. The van der Waals surface area contributed by atoms with E-state index in [0.717, 1.165) is 0 Å². The summed E-state index contributed by atoms with van der Waals surface area (Å²) in [6, 6.07) is -0.124. The third-order valence-corrected chi connectivity index (χ3v) is 2.61. The zero-order chi connectivity index (χ0) is 12.9. The molecule has 0 heterocycles.